The molecular formula is C25H26N4O3. The summed E-state index contributed by atoms with van der Waals surface area (Å²) in [4.78, 5) is 33.5. The fourth-order valence-corrected chi connectivity index (χ4v) is 4.53. The molecule has 5 rings (SSSR count). The lowest BCUT2D eigenvalue weighted by atomic mass is 9.80. The molecule has 2 aromatic heterocycles. The summed E-state index contributed by atoms with van der Waals surface area (Å²) in [5, 5.41) is 16.5. The van der Waals surface area contributed by atoms with Crippen LogP contribution in [0.5, 0.6) is 0 Å². The third-order valence-electron chi connectivity index (χ3n) is 6.50. The van der Waals surface area contributed by atoms with Gasteiger partial charge in [-0.15, -0.1) is 0 Å². The van der Waals surface area contributed by atoms with E-state index in [1.807, 2.05) is 42.5 Å². The molecule has 164 valence electrons. The van der Waals surface area contributed by atoms with Crippen molar-refractivity contribution in [1.82, 2.24) is 15.3 Å². The van der Waals surface area contributed by atoms with Gasteiger partial charge < -0.3 is 20.7 Å². The number of aromatic amines is 1. The molecule has 32 heavy (non-hydrogen) atoms. The van der Waals surface area contributed by atoms with Crippen LogP contribution in [0.2, 0.25) is 0 Å². The fourth-order valence-electron chi connectivity index (χ4n) is 4.53. The lowest BCUT2D eigenvalue weighted by Crippen LogP contribution is -2.49. The number of fused-ring (bicyclic) bond motifs is 1. The molecule has 3 aromatic rings. The van der Waals surface area contributed by atoms with E-state index >= 15 is 0 Å². The van der Waals surface area contributed by atoms with Crippen LogP contribution < -0.4 is 10.6 Å². The number of carbonyl (C=O) groups is 2. The van der Waals surface area contributed by atoms with Crippen LogP contribution >= 0.6 is 0 Å². The normalized spacial score (nSPS) is 19.0. The summed E-state index contributed by atoms with van der Waals surface area (Å²) in [6, 6.07) is 13.5. The van der Waals surface area contributed by atoms with Gasteiger partial charge in [-0.3, -0.25) is 14.6 Å². The summed E-state index contributed by atoms with van der Waals surface area (Å²) in [6.45, 7) is 0.247. The van der Waals surface area contributed by atoms with Crippen LogP contribution in [-0.2, 0) is 11.2 Å². The Labute approximate surface area is 186 Å². The van der Waals surface area contributed by atoms with E-state index in [4.69, 9.17) is 0 Å². The highest BCUT2D eigenvalue weighted by molar-refractivity contribution is 6.09. The first-order valence-corrected chi connectivity index (χ1v) is 11.0. The van der Waals surface area contributed by atoms with E-state index < -0.39 is 11.5 Å². The van der Waals surface area contributed by atoms with Gasteiger partial charge in [0.1, 0.15) is 0 Å². The summed E-state index contributed by atoms with van der Waals surface area (Å²) in [5.41, 5.74) is 3.91. The van der Waals surface area contributed by atoms with Gasteiger partial charge >= 0.3 is 0 Å². The van der Waals surface area contributed by atoms with Gasteiger partial charge in [0.05, 0.1) is 28.5 Å². The molecule has 0 bridgehead atoms. The van der Waals surface area contributed by atoms with Gasteiger partial charge in [-0.25, -0.2) is 0 Å². The number of nitrogens with one attached hydrogen (secondary N) is 3. The van der Waals surface area contributed by atoms with Crippen LogP contribution in [0.4, 0.5) is 11.4 Å². The molecule has 0 radical (unpaired) electrons. The Hall–Kier alpha value is -3.45. The Bertz CT molecular complexity index is 1140. The number of anilines is 2. The SMILES string of the molecule is O=C1CC(C(=O)NCC2(O)CCC2)Cc2[nH]c(-c3ccncc3)c(Nc3ccccc3)c21. The summed E-state index contributed by atoms with van der Waals surface area (Å²) in [5.74, 6) is -0.696. The average molecular weight is 431 g/mol. The van der Waals surface area contributed by atoms with Crippen LogP contribution in [0, 0.1) is 5.92 Å². The van der Waals surface area contributed by atoms with E-state index in [9.17, 15) is 14.7 Å². The first kappa shape index (κ1) is 20.5. The number of benzene rings is 1. The van der Waals surface area contributed by atoms with Gasteiger partial charge in [0, 0.05) is 48.7 Å². The number of ketones is 1. The van der Waals surface area contributed by atoms with Crippen molar-refractivity contribution in [3.63, 3.8) is 0 Å². The number of aromatic nitrogens is 2. The predicted molar refractivity (Wildman–Crippen MR) is 122 cm³/mol. The number of para-hydroxylation sites is 1. The second kappa shape index (κ2) is 8.24. The number of nitrogens with zero attached hydrogens (tertiary/aromatic N) is 1. The van der Waals surface area contributed by atoms with E-state index in [0.29, 0.717) is 24.8 Å². The molecule has 1 amide bonds. The lowest BCUT2D eigenvalue weighted by Gasteiger charge is -2.37. The Morgan fingerprint density at radius 2 is 1.88 bits per heavy atom. The molecule has 0 spiro atoms. The third-order valence-corrected chi connectivity index (χ3v) is 6.50. The molecular weight excluding hydrogens is 404 g/mol. The number of rotatable bonds is 6. The van der Waals surface area contributed by atoms with Crippen LogP contribution in [-0.4, -0.2) is 38.9 Å². The second-order valence-electron chi connectivity index (χ2n) is 8.78. The number of hydrogen-bond acceptors (Lipinski definition) is 5. The molecule has 2 aliphatic rings. The molecule has 1 unspecified atom stereocenters. The summed E-state index contributed by atoms with van der Waals surface area (Å²) < 4.78 is 0. The molecule has 1 atom stereocenters. The summed E-state index contributed by atoms with van der Waals surface area (Å²) >= 11 is 0. The number of amides is 1. The Balaban J connectivity index is 1.45. The minimum Gasteiger partial charge on any atom is -0.388 e. The van der Waals surface area contributed by atoms with Crippen molar-refractivity contribution in [2.45, 2.75) is 37.7 Å². The first-order chi connectivity index (χ1) is 15.5. The van der Waals surface area contributed by atoms with Gasteiger partial charge in [0.2, 0.25) is 5.91 Å². The van der Waals surface area contributed by atoms with Crippen LogP contribution in [0.15, 0.2) is 54.9 Å². The van der Waals surface area contributed by atoms with Crippen molar-refractivity contribution in [3.05, 3.63) is 66.1 Å². The zero-order chi connectivity index (χ0) is 22.1. The molecule has 1 saturated carbocycles. The molecule has 0 aliphatic heterocycles. The van der Waals surface area contributed by atoms with Crippen molar-refractivity contribution >= 4 is 23.1 Å². The quantitative estimate of drug-likeness (QED) is 0.478. The Morgan fingerprint density at radius 1 is 1.12 bits per heavy atom. The second-order valence-corrected chi connectivity index (χ2v) is 8.78. The lowest BCUT2D eigenvalue weighted by molar-refractivity contribution is -0.127. The van der Waals surface area contributed by atoms with E-state index in [1.165, 1.54) is 0 Å². The highest BCUT2D eigenvalue weighted by Crippen LogP contribution is 2.40. The zero-order valence-corrected chi connectivity index (χ0v) is 17.7. The highest BCUT2D eigenvalue weighted by Gasteiger charge is 2.38. The van der Waals surface area contributed by atoms with E-state index in [1.54, 1.807) is 12.4 Å². The van der Waals surface area contributed by atoms with Gasteiger partial charge in [-0.2, -0.15) is 0 Å². The topological polar surface area (TPSA) is 107 Å². The maximum absolute atomic E-state index is 13.2. The number of hydrogen-bond donors (Lipinski definition) is 4. The Morgan fingerprint density at radius 3 is 2.56 bits per heavy atom. The van der Waals surface area contributed by atoms with E-state index in [0.717, 1.165) is 34.7 Å². The van der Waals surface area contributed by atoms with E-state index in [-0.39, 0.29) is 24.7 Å². The average Bonchev–Trinajstić information content (AvgIpc) is 3.16. The maximum Gasteiger partial charge on any atom is 0.224 e. The molecule has 1 fully saturated rings. The minimum absolute atomic E-state index is 0.0660. The van der Waals surface area contributed by atoms with Crippen molar-refractivity contribution in [3.8, 4) is 11.3 Å². The maximum atomic E-state index is 13.2. The van der Waals surface area contributed by atoms with Crippen molar-refractivity contribution in [1.29, 1.82) is 0 Å². The van der Waals surface area contributed by atoms with Gasteiger partial charge in [-0.1, -0.05) is 18.2 Å². The standard InChI is InChI=1S/C25H26N4O3/c30-20-14-17(24(31)27-15-25(32)9-4-10-25)13-19-21(20)23(28-18-5-2-1-3-6-18)22(29-19)16-7-11-26-12-8-16/h1-3,5-8,11-12,17,28-29,32H,4,9-10,13-15H2,(H,27,31). The molecule has 4 N–H and O–H groups in total. The molecule has 1 aromatic carbocycles. The minimum atomic E-state index is -0.785. The Kier molecular flexibility index (Phi) is 5.27. The van der Waals surface area contributed by atoms with Gasteiger partial charge in [0.25, 0.3) is 0 Å². The van der Waals surface area contributed by atoms with Crippen molar-refractivity contribution in [2.75, 3.05) is 11.9 Å². The first-order valence-electron chi connectivity index (χ1n) is 11.0. The van der Waals surface area contributed by atoms with Crippen LogP contribution in [0.25, 0.3) is 11.3 Å². The number of H-pyrrole nitrogens is 1. The molecule has 0 saturated heterocycles. The van der Waals surface area contributed by atoms with Crippen molar-refractivity contribution in [2.24, 2.45) is 5.92 Å². The highest BCUT2D eigenvalue weighted by atomic mass is 16.3. The predicted octanol–water partition coefficient (Wildman–Crippen LogP) is 3.60. The van der Waals surface area contributed by atoms with Gasteiger partial charge in [0.15, 0.2) is 5.78 Å². The monoisotopic (exact) mass is 430 g/mol. The van der Waals surface area contributed by atoms with Gasteiger partial charge in [-0.05, 0) is 43.5 Å². The number of Topliss-reactive ketones (excluding diaryl/α,β-unsaturated/α-hetero) is 1. The number of carbonyl (C=O) groups excluding carboxylic acids is 2. The fraction of sp³-hybridized carbons (Fsp3) is 0.320. The molecule has 2 aliphatic carbocycles. The van der Waals surface area contributed by atoms with Crippen LogP contribution in [0.3, 0.4) is 0 Å². The number of pyridine rings is 1. The number of aliphatic hydroxyl groups is 1. The third kappa shape index (κ3) is 3.91. The van der Waals surface area contributed by atoms with E-state index in [2.05, 4.69) is 20.6 Å². The van der Waals surface area contributed by atoms with Crippen LogP contribution in [0.1, 0.15) is 41.7 Å². The van der Waals surface area contributed by atoms with Crippen molar-refractivity contribution < 1.29 is 14.7 Å². The largest absolute Gasteiger partial charge is 0.388 e. The smallest absolute Gasteiger partial charge is 0.224 e. The summed E-state index contributed by atoms with van der Waals surface area (Å²) in [6.07, 6.45) is 6.42. The molecule has 2 heterocycles. The molecule has 7 heteroatoms. The molecule has 7 nitrogen and oxygen atoms in total. The summed E-state index contributed by atoms with van der Waals surface area (Å²) in [7, 11) is 0. The zero-order valence-electron chi connectivity index (χ0n) is 17.7.